The fourth-order valence-electron chi connectivity index (χ4n) is 2.26. The summed E-state index contributed by atoms with van der Waals surface area (Å²) in [6.45, 7) is 5.79. The smallest absolute Gasteiger partial charge is 0.351 e. The highest BCUT2D eigenvalue weighted by Crippen LogP contribution is 2.16. The van der Waals surface area contributed by atoms with Crippen LogP contribution < -0.4 is 0 Å². The molecule has 0 aliphatic heterocycles. The lowest BCUT2D eigenvalue weighted by molar-refractivity contribution is 0.161. The molecule has 1 heterocycles. The summed E-state index contributed by atoms with van der Waals surface area (Å²) < 4.78 is 34.8. The molecule has 1 unspecified atom stereocenters. The van der Waals surface area contributed by atoms with Gasteiger partial charge in [0.2, 0.25) is 0 Å². The maximum atomic E-state index is 10.7. The van der Waals surface area contributed by atoms with Crippen molar-refractivity contribution in [2.45, 2.75) is 77.2 Å². The summed E-state index contributed by atoms with van der Waals surface area (Å²) in [7, 11) is -4.34. The highest BCUT2D eigenvalue weighted by Gasteiger charge is 2.15. The van der Waals surface area contributed by atoms with Gasteiger partial charge in [-0.05, 0) is 19.3 Å². The second-order valence-corrected chi connectivity index (χ2v) is 6.73. The highest BCUT2D eigenvalue weighted by molar-refractivity contribution is 8.93. The van der Waals surface area contributed by atoms with Gasteiger partial charge in [-0.2, -0.15) is 8.42 Å². The van der Waals surface area contributed by atoms with Gasteiger partial charge >= 0.3 is 10.4 Å². The van der Waals surface area contributed by atoms with E-state index in [1.165, 1.54) is 32.1 Å². The van der Waals surface area contributed by atoms with E-state index in [0.717, 1.165) is 12.8 Å². The lowest BCUT2D eigenvalue weighted by Gasteiger charge is -2.14. The third-order valence-electron chi connectivity index (χ3n) is 3.49. The Morgan fingerprint density at radius 3 is 2.28 bits per heavy atom. The molecule has 0 saturated heterocycles. The average Bonchev–Trinajstić information content (AvgIpc) is 3.09. The molecular formula is C17H33BrN2O4S. The first-order valence-electron chi connectivity index (χ1n) is 8.69. The van der Waals surface area contributed by atoms with E-state index in [0.29, 0.717) is 19.3 Å². The van der Waals surface area contributed by atoms with Gasteiger partial charge in [-0.1, -0.05) is 57.9 Å². The molecule has 148 valence electrons. The number of unbranched alkanes of at least 4 members (excludes halogenated alkanes) is 6. The van der Waals surface area contributed by atoms with Crippen LogP contribution in [-0.2, 0) is 14.6 Å². The van der Waals surface area contributed by atoms with Crippen molar-refractivity contribution >= 4 is 27.4 Å². The molecule has 6 nitrogen and oxygen atoms in total. The molecule has 2 N–H and O–H groups in total. The van der Waals surface area contributed by atoms with Crippen LogP contribution >= 0.6 is 17.0 Å². The molecule has 1 atom stereocenters. The minimum atomic E-state index is -4.34. The van der Waals surface area contributed by atoms with E-state index >= 15 is 0 Å². The molecule has 0 bridgehead atoms. The van der Waals surface area contributed by atoms with Crippen LogP contribution in [0.25, 0.3) is 0 Å². The van der Waals surface area contributed by atoms with Crippen molar-refractivity contribution < 1.29 is 17.2 Å². The molecule has 1 aromatic heterocycles. The Bertz CT molecular complexity index is 464. The number of hydrogen-bond acceptors (Lipinski definition) is 4. The molecule has 0 spiro atoms. The first kappa shape index (κ1) is 26.5. The zero-order valence-electron chi connectivity index (χ0n) is 15.1. The van der Waals surface area contributed by atoms with Crippen molar-refractivity contribution in [1.29, 1.82) is 0 Å². The summed E-state index contributed by atoms with van der Waals surface area (Å²) in [4.78, 5) is 6.42. The van der Waals surface area contributed by atoms with Crippen molar-refractivity contribution in [2.75, 3.05) is 0 Å². The minimum Gasteiger partial charge on any atom is -0.351 e. The molecule has 1 aromatic rings. The van der Waals surface area contributed by atoms with Crippen LogP contribution in [-0.4, -0.2) is 29.0 Å². The first-order valence-corrected chi connectivity index (χ1v) is 10.1. The van der Waals surface area contributed by atoms with E-state index in [2.05, 4.69) is 27.7 Å². The average molecular weight is 441 g/mol. The van der Waals surface area contributed by atoms with E-state index in [1.54, 1.807) is 24.8 Å². The summed E-state index contributed by atoms with van der Waals surface area (Å²) in [6.07, 6.45) is 16.6. The normalized spacial score (nSPS) is 11.8. The van der Waals surface area contributed by atoms with Crippen molar-refractivity contribution in [1.82, 2.24) is 9.97 Å². The number of aromatic amines is 1. The van der Waals surface area contributed by atoms with Gasteiger partial charge in [-0.15, -0.1) is 23.6 Å². The predicted octanol–water partition coefficient (Wildman–Crippen LogP) is 5.27. The standard InChI is InChI=1S/C14H28O4S.C3H4N2.BrH/c1-3-5-7-8-9-10-11-13-14(12-6-4-2)18-19(15,16)17;1-2-5-3-4-1;/h4,14H,2-3,5-13H2,1H3,(H,15,16,17);1-3H,(H,4,5);1H. The van der Waals surface area contributed by atoms with Crippen LogP contribution in [0.4, 0.5) is 0 Å². The van der Waals surface area contributed by atoms with Crippen LogP contribution in [0.5, 0.6) is 0 Å². The molecule has 0 fully saturated rings. The molecule has 25 heavy (non-hydrogen) atoms. The van der Waals surface area contributed by atoms with Crippen LogP contribution in [0.3, 0.4) is 0 Å². The van der Waals surface area contributed by atoms with Crippen molar-refractivity contribution in [2.24, 2.45) is 0 Å². The summed E-state index contributed by atoms with van der Waals surface area (Å²) in [6, 6.07) is 0. The van der Waals surface area contributed by atoms with Crippen LogP contribution in [0.2, 0.25) is 0 Å². The SMILES string of the molecule is Br.C=CCCC(CCCCCCCCC)OS(=O)(=O)O.c1c[nH]cn1. The van der Waals surface area contributed by atoms with E-state index in [1.807, 2.05) is 0 Å². The van der Waals surface area contributed by atoms with Gasteiger partial charge in [-0.3, -0.25) is 4.55 Å². The first-order chi connectivity index (χ1) is 11.5. The summed E-state index contributed by atoms with van der Waals surface area (Å²) in [5.41, 5.74) is 0. The van der Waals surface area contributed by atoms with Gasteiger partial charge in [-0.25, -0.2) is 9.17 Å². The number of allylic oxidation sites excluding steroid dienone is 1. The van der Waals surface area contributed by atoms with Crippen molar-refractivity contribution in [3.63, 3.8) is 0 Å². The Morgan fingerprint density at radius 2 is 1.84 bits per heavy atom. The third-order valence-corrected chi connectivity index (χ3v) is 4.00. The van der Waals surface area contributed by atoms with E-state index in [4.69, 9.17) is 4.55 Å². The van der Waals surface area contributed by atoms with Gasteiger partial charge in [0.25, 0.3) is 0 Å². The Labute approximate surface area is 163 Å². The molecule has 1 rings (SSSR count). The maximum Gasteiger partial charge on any atom is 0.397 e. The largest absolute Gasteiger partial charge is 0.397 e. The molecule has 0 aliphatic carbocycles. The lowest BCUT2D eigenvalue weighted by atomic mass is 10.0. The number of halogens is 1. The number of H-pyrrole nitrogens is 1. The van der Waals surface area contributed by atoms with Gasteiger partial charge in [0.05, 0.1) is 12.4 Å². The monoisotopic (exact) mass is 440 g/mol. The Kier molecular flexibility index (Phi) is 19.2. The Hall–Kier alpha value is -0.700. The maximum absolute atomic E-state index is 10.7. The minimum absolute atomic E-state index is 0. The van der Waals surface area contributed by atoms with E-state index in [9.17, 15) is 8.42 Å². The zero-order chi connectivity index (χ0) is 18.1. The van der Waals surface area contributed by atoms with Gasteiger partial charge < -0.3 is 4.98 Å². The fraction of sp³-hybridized carbons (Fsp3) is 0.706. The summed E-state index contributed by atoms with van der Waals surface area (Å²) in [5, 5.41) is 0. The number of hydrogen-bond donors (Lipinski definition) is 2. The molecule has 0 aliphatic rings. The van der Waals surface area contributed by atoms with Gasteiger partial charge in [0.15, 0.2) is 0 Å². The molecule has 0 aromatic carbocycles. The quantitative estimate of drug-likeness (QED) is 0.247. The fourth-order valence-corrected chi connectivity index (χ4v) is 2.80. The number of rotatable bonds is 13. The number of nitrogens with one attached hydrogen (secondary N) is 1. The second-order valence-electron chi connectivity index (χ2n) is 5.68. The number of imidazole rings is 1. The lowest BCUT2D eigenvalue weighted by Crippen LogP contribution is -2.17. The van der Waals surface area contributed by atoms with Crippen LogP contribution in [0.1, 0.15) is 71.1 Å². The predicted molar refractivity (Wildman–Crippen MR) is 107 cm³/mol. The molecule has 8 heteroatoms. The second kappa shape index (κ2) is 18.1. The Morgan fingerprint density at radius 1 is 1.20 bits per heavy atom. The zero-order valence-corrected chi connectivity index (χ0v) is 17.6. The van der Waals surface area contributed by atoms with Crippen molar-refractivity contribution in [3.05, 3.63) is 31.4 Å². The number of nitrogens with zero attached hydrogens (tertiary/aromatic N) is 1. The molecule has 0 amide bonds. The number of aromatic nitrogens is 2. The van der Waals surface area contributed by atoms with Crippen LogP contribution in [0.15, 0.2) is 31.4 Å². The summed E-state index contributed by atoms with van der Waals surface area (Å²) >= 11 is 0. The van der Waals surface area contributed by atoms with E-state index in [-0.39, 0.29) is 17.0 Å². The molecule has 0 radical (unpaired) electrons. The van der Waals surface area contributed by atoms with Gasteiger partial charge in [0, 0.05) is 12.4 Å². The summed E-state index contributed by atoms with van der Waals surface area (Å²) in [5.74, 6) is 0. The topological polar surface area (TPSA) is 92.3 Å². The van der Waals surface area contributed by atoms with Gasteiger partial charge in [0.1, 0.15) is 0 Å². The third kappa shape index (κ3) is 21.3. The Balaban J connectivity index is 0. The molecular weight excluding hydrogens is 408 g/mol. The van der Waals surface area contributed by atoms with E-state index < -0.39 is 16.5 Å². The molecule has 0 saturated carbocycles. The van der Waals surface area contributed by atoms with Crippen LogP contribution in [0, 0.1) is 0 Å². The highest BCUT2D eigenvalue weighted by atomic mass is 79.9. The van der Waals surface area contributed by atoms with Crippen molar-refractivity contribution in [3.8, 4) is 0 Å².